The van der Waals surface area contributed by atoms with Crippen LogP contribution in [0.5, 0.6) is 17.2 Å². The lowest BCUT2D eigenvalue weighted by atomic mass is 10.2. The fourth-order valence-electron chi connectivity index (χ4n) is 2.20. The summed E-state index contributed by atoms with van der Waals surface area (Å²) in [7, 11) is 0. The predicted molar refractivity (Wildman–Crippen MR) is 80.4 cm³/mol. The molecule has 0 spiro atoms. The summed E-state index contributed by atoms with van der Waals surface area (Å²) in [4.78, 5) is 0. The molecule has 0 radical (unpaired) electrons. The molecule has 0 aromatic heterocycles. The maximum atomic E-state index is 5.74. The second kappa shape index (κ2) is 6.47. The van der Waals surface area contributed by atoms with Crippen molar-refractivity contribution in [3.05, 3.63) is 54.6 Å². The van der Waals surface area contributed by atoms with Gasteiger partial charge in [-0.2, -0.15) is 0 Å². The molecule has 104 valence electrons. The highest BCUT2D eigenvalue weighted by Gasteiger charge is 2.20. The van der Waals surface area contributed by atoms with E-state index in [2.05, 4.69) is 0 Å². The zero-order chi connectivity index (χ0) is 13.6. The first-order valence-electron chi connectivity index (χ1n) is 7.36. The largest absolute Gasteiger partial charge is 0.494 e. The second-order valence-electron chi connectivity index (χ2n) is 5.32. The molecule has 0 atom stereocenters. The van der Waals surface area contributed by atoms with Gasteiger partial charge in [-0.3, -0.25) is 0 Å². The van der Waals surface area contributed by atoms with Crippen molar-refractivity contribution in [2.24, 2.45) is 5.92 Å². The smallest absolute Gasteiger partial charge is 0.127 e. The van der Waals surface area contributed by atoms with Crippen LogP contribution in [-0.4, -0.2) is 6.61 Å². The van der Waals surface area contributed by atoms with Crippen LogP contribution in [0, 0.1) is 5.92 Å². The Hall–Kier alpha value is -1.96. The van der Waals surface area contributed by atoms with Gasteiger partial charge in [0.1, 0.15) is 17.2 Å². The van der Waals surface area contributed by atoms with Gasteiger partial charge < -0.3 is 9.47 Å². The normalized spacial score (nSPS) is 14.0. The van der Waals surface area contributed by atoms with E-state index in [-0.39, 0.29) is 0 Å². The van der Waals surface area contributed by atoms with Crippen molar-refractivity contribution in [3.8, 4) is 17.2 Å². The van der Waals surface area contributed by atoms with Gasteiger partial charge in [0.25, 0.3) is 0 Å². The van der Waals surface area contributed by atoms with Crippen molar-refractivity contribution in [2.45, 2.75) is 25.7 Å². The molecule has 0 amide bonds. The first-order chi connectivity index (χ1) is 9.90. The number of hydrogen-bond donors (Lipinski definition) is 0. The first-order valence-corrected chi connectivity index (χ1v) is 7.36. The van der Waals surface area contributed by atoms with Crippen LogP contribution in [0.2, 0.25) is 0 Å². The predicted octanol–water partition coefficient (Wildman–Crippen LogP) is 5.05. The molecule has 0 aliphatic heterocycles. The van der Waals surface area contributed by atoms with Crippen molar-refractivity contribution >= 4 is 0 Å². The molecule has 2 aromatic rings. The average molecular weight is 268 g/mol. The topological polar surface area (TPSA) is 18.5 Å². The molecule has 2 heteroatoms. The third-order valence-corrected chi connectivity index (χ3v) is 3.53. The molecule has 0 saturated heterocycles. The van der Waals surface area contributed by atoms with E-state index in [0.717, 1.165) is 36.2 Å². The highest BCUT2D eigenvalue weighted by molar-refractivity contribution is 5.35. The minimum atomic E-state index is 0.815. The van der Waals surface area contributed by atoms with Gasteiger partial charge in [0.15, 0.2) is 0 Å². The third-order valence-electron chi connectivity index (χ3n) is 3.53. The Balaban J connectivity index is 1.46. The highest BCUT2D eigenvalue weighted by atomic mass is 16.5. The summed E-state index contributed by atoms with van der Waals surface area (Å²) in [6.07, 6.45) is 5.32. The molecule has 1 aliphatic carbocycles. The van der Waals surface area contributed by atoms with E-state index in [1.54, 1.807) is 0 Å². The minimum Gasteiger partial charge on any atom is -0.494 e. The van der Waals surface area contributed by atoms with Crippen LogP contribution in [-0.2, 0) is 0 Å². The Labute approximate surface area is 120 Å². The average Bonchev–Trinajstić information content (AvgIpc) is 3.31. The van der Waals surface area contributed by atoms with E-state index in [4.69, 9.17) is 9.47 Å². The van der Waals surface area contributed by atoms with Crippen LogP contribution in [0.25, 0.3) is 0 Å². The van der Waals surface area contributed by atoms with Crippen LogP contribution < -0.4 is 9.47 Å². The van der Waals surface area contributed by atoms with E-state index >= 15 is 0 Å². The Bertz CT molecular complexity index is 515. The molecule has 1 aliphatic rings. The molecule has 3 rings (SSSR count). The monoisotopic (exact) mass is 268 g/mol. The Morgan fingerprint density at radius 2 is 1.45 bits per heavy atom. The Morgan fingerprint density at radius 1 is 0.800 bits per heavy atom. The fraction of sp³-hybridized carbons (Fsp3) is 0.333. The first kappa shape index (κ1) is 13.0. The lowest BCUT2D eigenvalue weighted by Crippen LogP contribution is -1.97. The highest BCUT2D eigenvalue weighted by Crippen LogP contribution is 2.33. The Morgan fingerprint density at radius 3 is 2.15 bits per heavy atom. The van der Waals surface area contributed by atoms with Gasteiger partial charge in [-0.05, 0) is 55.2 Å². The van der Waals surface area contributed by atoms with Crippen LogP contribution in [0.3, 0.4) is 0 Å². The zero-order valence-corrected chi connectivity index (χ0v) is 11.6. The van der Waals surface area contributed by atoms with Gasteiger partial charge in [-0.15, -0.1) is 0 Å². The van der Waals surface area contributed by atoms with Crippen molar-refractivity contribution in [1.82, 2.24) is 0 Å². The summed E-state index contributed by atoms with van der Waals surface area (Å²) in [6, 6.07) is 17.6. The molecule has 0 bridgehead atoms. The summed E-state index contributed by atoms with van der Waals surface area (Å²) >= 11 is 0. The maximum Gasteiger partial charge on any atom is 0.127 e. The van der Waals surface area contributed by atoms with Gasteiger partial charge in [0.05, 0.1) is 6.61 Å². The quantitative estimate of drug-likeness (QED) is 0.654. The van der Waals surface area contributed by atoms with Gasteiger partial charge >= 0.3 is 0 Å². The minimum absolute atomic E-state index is 0.815. The molecular weight excluding hydrogens is 248 g/mol. The number of hydrogen-bond acceptors (Lipinski definition) is 2. The standard InChI is InChI=1S/C18H20O2/c1-2-6-17(7-3-1)20-18-12-10-16(11-13-18)19-14-4-5-15-8-9-15/h1-3,6-7,10-13,15H,4-5,8-9,14H2. The molecular formula is C18H20O2. The van der Waals surface area contributed by atoms with E-state index in [9.17, 15) is 0 Å². The zero-order valence-electron chi connectivity index (χ0n) is 11.6. The molecule has 20 heavy (non-hydrogen) atoms. The van der Waals surface area contributed by atoms with Crippen LogP contribution in [0.1, 0.15) is 25.7 Å². The lowest BCUT2D eigenvalue weighted by Gasteiger charge is -2.08. The lowest BCUT2D eigenvalue weighted by molar-refractivity contribution is 0.303. The molecule has 1 fully saturated rings. The van der Waals surface area contributed by atoms with Crippen molar-refractivity contribution in [1.29, 1.82) is 0 Å². The van der Waals surface area contributed by atoms with Crippen LogP contribution in [0.15, 0.2) is 54.6 Å². The van der Waals surface area contributed by atoms with Crippen LogP contribution >= 0.6 is 0 Å². The maximum absolute atomic E-state index is 5.74. The summed E-state index contributed by atoms with van der Waals surface area (Å²) < 4.78 is 11.5. The van der Waals surface area contributed by atoms with Crippen LogP contribution in [0.4, 0.5) is 0 Å². The fourth-order valence-corrected chi connectivity index (χ4v) is 2.20. The van der Waals surface area contributed by atoms with Crippen molar-refractivity contribution < 1.29 is 9.47 Å². The summed E-state index contributed by atoms with van der Waals surface area (Å²) in [5.74, 6) is 3.59. The van der Waals surface area contributed by atoms with Gasteiger partial charge in [-0.25, -0.2) is 0 Å². The summed E-state index contributed by atoms with van der Waals surface area (Å²) in [5.41, 5.74) is 0. The number of ether oxygens (including phenoxy) is 2. The van der Waals surface area contributed by atoms with Gasteiger partial charge in [0.2, 0.25) is 0 Å². The summed E-state index contributed by atoms with van der Waals surface area (Å²) in [5, 5.41) is 0. The van der Waals surface area contributed by atoms with Gasteiger partial charge in [0, 0.05) is 0 Å². The number of rotatable bonds is 7. The molecule has 0 heterocycles. The molecule has 1 saturated carbocycles. The third kappa shape index (κ3) is 4.02. The van der Waals surface area contributed by atoms with E-state index in [1.165, 1.54) is 19.3 Å². The van der Waals surface area contributed by atoms with E-state index in [1.807, 2.05) is 54.6 Å². The molecule has 2 aromatic carbocycles. The van der Waals surface area contributed by atoms with Gasteiger partial charge in [-0.1, -0.05) is 31.0 Å². The van der Waals surface area contributed by atoms with Crippen molar-refractivity contribution in [3.63, 3.8) is 0 Å². The second-order valence-corrected chi connectivity index (χ2v) is 5.32. The number of benzene rings is 2. The molecule has 0 N–H and O–H groups in total. The SMILES string of the molecule is c1ccc(Oc2ccc(OCCCC3CC3)cc2)cc1. The molecule has 0 unspecified atom stereocenters. The van der Waals surface area contributed by atoms with E-state index < -0.39 is 0 Å². The number of para-hydroxylation sites is 1. The van der Waals surface area contributed by atoms with E-state index in [0.29, 0.717) is 0 Å². The molecule has 2 nitrogen and oxygen atoms in total. The summed E-state index contributed by atoms with van der Waals surface area (Å²) in [6.45, 7) is 0.815. The Kier molecular flexibility index (Phi) is 4.22. The van der Waals surface area contributed by atoms with Crippen molar-refractivity contribution in [2.75, 3.05) is 6.61 Å².